The first-order valence-electron chi connectivity index (χ1n) is 4.79. The van der Waals surface area contributed by atoms with Crippen molar-refractivity contribution in [3.8, 4) is 17.9 Å². The van der Waals surface area contributed by atoms with E-state index in [0.29, 0.717) is 0 Å². The highest BCUT2D eigenvalue weighted by Gasteiger charge is 2.12. The third kappa shape index (κ3) is 1.94. The fourth-order valence-electron chi connectivity index (χ4n) is 1.46. The van der Waals surface area contributed by atoms with Gasteiger partial charge in [-0.2, -0.15) is 10.5 Å². The van der Waals surface area contributed by atoms with E-state index in [1.807, 2.05) is 48.6 Å². The Labute approximate surface area is 93.5 Å². The van der Waals surface area contributed by atoms with Crippen LogP contribution in [0.25, 0.3) is 6.08 Å². The molecule has 3 heteroatoms. The van der Waals surface area contributed by atoms with Crippen LogP contribution in [0.15, 0.2) is 42.0 Å². The van der Waals surface area contributed by atoms with Crippen molar-refractivity contribution in [3.63, 3.8) is 0 Å². The Morgan fingerprint density at radius 2 is 2.00 bits per heavy atom. The summed E-state index contributed by atoms with van der Waals surface area (Å²) in [5, 5.41) is 17.3. The minimum absolute atomic E-state index is 0.0639. The van der Waals surface area contributed by atoms with Crippen molar-refractivity contribution < 1.29 is 4.74 Å². The molecule has 3 nitrogen and oxygen atoms in total. The molecule has 0 fully saturated rings. The Kier molecular flexibility index (Phi) is 2.71. The monoisotopic (exact) mass is 208 g/mol. The molecule has 0 aromatic heterocycles. The van der Waals surface area contributed by atoms with Crippen LogP contribution in [0.5, 0.6) is 5.75 Å². The molecule has 16 heavy (non-hydrogen) atoms. The van der Waals surface area contributed by atoms with Crippen LogP contribution < -0.4 is 4.74 Å². The van der Waals surface area contributed by atoms with E-state index in [0.717, 1.165) is 11.3 Å². The quantitative estimate of drug-likeness (QED) is 0.666. The number of hydrogen-bond acceptors (Lipinski definition) is 3. The first kappa shape index (κ1) is 10.0. The fraction of sp³-hybridized carbons (Fsp3) is 0.0769. The normalized spacial score (nSPS) is 16.2. The number of fused-ring (bicyclic) bond motifs is 1. The highest BCUT2D eigenvalue weighted by atomic mass is 16.5. The van der Waals surface area contributed by atoms with E-state index in [1.54, 1.807) is 0 Å². The second-order valence-electron chi connectivity index (χ2n) is 3.28. The topological polar surface area (TPSA) is 56.8 Å². The lowest BCUT2D eigenvalue weighted by Gasteiger charge is -2.18. The van der Waals surface area contributed by atoms with Gasteiger partial charge in [0, 0.05) is 5.56 Å². The van der Waals surface area contributed by atoms with Crippen molar-refractivity contribution in [2.45, 2.75) is 6.10 Å². The molecule has 0 aliphatic carbocycles. The number of ether oxygens (including phenoxy) is 1. The summed E-state index contributed by atoms with van der Waals surface area (Å²) in [6.07, 6.45) is 4.90. The molecule has 76 valence electrons. The van der Waals surface area contributed by atoms with E-state index in [2.05, 4.69) is 0 Å². The maximum Gasteiger partial charge on any atom is 0.138 e. The van der Waals surface area contributed by atoms with Crippen LogP contribution in [-0.2, 0) is 0 Å². The second-order valence-corrected chi connectivity index (χ2v) is 3.28. The molecule has 1 aliphatic rings. The maximum absolute atomic E-state index is 8.63. The van der Waals surface area contributed by atoms with Crippen molar-refractivity contribution in [1.82, 2.24) is 0 Å². The van der Waals surface area contributed by atoms with Crippen molar-refractivity contribution >= 4 is 6.08 Å². The van der Waals surface area contributed by atoms with Gasteiger partial charge in [0.25, 0.3) is 0 Å². The van der Waals surface area contributed by atoms with Gasteiger partial charge in [-0.15, -0.1) is 0 Å². The Bertz CT molecular complexity index is 528. The van der Waals surface area contributed by atoms with Gasteiger partial charge in [0.1, 0.15) is 29.6 Å². The molecular weight excluding hydrogens is 200 g/mol. The first-order valence-corrected chi connectivity index (χ1v) is 4.79. The molecule has 0 spiro atoms. The number of benzene rings is 1. The maximum atomic E-state index is 8.63. The van der Waals surface area contributed by atoms with E-state index in [4.69, 9.17) is 15.3 Å². The zero-order valence-corrected chi connectivity index (χ0v) is 8.42. The van der Waals surface area contributed by atoms with E-state index in [1.165, 1.54) is 6.08 Å². The van der Waals surface area contributed by atoms with Crippen LogP contribution in [0, 0.1) is 22.7 Å². The summed E-state index contributed by atoms with van der Waals surface area (Å²) >= 11 is 0. The van der Waals surface area contributed by atoms with Crippen molar-refractivity contribution in [3.05, 3.63) is 47.6 Å². The van der Waals surface area contributed by atoms with E-state index < -0.39 is 0 Å². The second kappa shape index (κ2) is 4.33. The number of para-hydroxylation sites is 1. The standard InChI is InChI=1S/C13H8N2O/c14-8-10(9-15)7-12-6-5-11-3-1-2-4-13(11)16-12/h1-7,12H. The molecule has 1 aromatic rings. The summed E-state index contributed by atoms with van der Waals surface area (Å²) in [7, 11) is 0. The molecule has 0 amide bonds. The van der Waals surface area contributed by atoms with Gasteiger partial charge in [-0.05, 0) is 18.2 Å². The Balaban J connectivity index is 2.26. The third-order valence-electron chi connectivity index (χ3n) is 2.22. The van der Waals surface area contributed by atoms with E-state index >= 15 is 0 Å². The number of nitrogens with zero attached hydrogens (tertiary/aromatic N) is 2. The Morgan fingerprint density at radius 3 is 2.75 bits per heavy atom. The average molecular weight is 208 g/mol. The zero-order chi connectivity index (χ0) is 11.4. The average Bonchev–Trinajstić information content (AvgIpc) is 2.35. The number of allylic oxidation sites excluding steroid dienone is 1. The van der Waals surface area contributed by atoms with Gasteiger partial charge in [0.05, 0.1) is 0 Å². The Hall–Kier alpha value is -2.52. The van der Waals surface area contributed by atoms with Gasteiger partial charge >= 0.3 is 0 Å². The van der Waals surface area contributed by atoms with Gasteiger partial charge < -0.3 is 4.74 Å². The van der Waals surface area contributed by atoms with Gasteiger partial charge in [-0.3, -0.25) is 0 Å². The molecule has 0 radical (unpaired) electrons. The smallest absolute Gasteiger partial charge is 0.138 e. The molecule has 0 bridgehead atoms. The van der Waals surface area contributed by atoms with Gasteiger partial charge in [-0.25, -0.2) is 0 Å². The highest BCUT2D eigenvalue weighted by molar-refractivity contribution is 5.60. The summed E-state index contributed by atoms with van der Waals surface area (Å²) in [5.74, 6) is 0.765. The molecule has 1 aliphatic heterocycles. The third-order valence-corrected chi connectivity index (χ3v) is 2.22. The molecule has 1 aromatic carbocycles. The molecule has 1 unspecified atom stereocenters. The zero-order valence-electron chi connectivity index (χ0n) is 8.42. The summed E-state index contributed by atoms with van der Waals surface area (Å²) in [5.41, 5.74) is 1.07. The number of rotatable bonds is 1. The molecule has 0 N–H and O–H groups in total. The highest BCUT2D eigenvalue weighted by Crippen LogP contribution is 2.25. The van der Waals surface area contributed by atoms with Crippen LogP contribution >= 0.6 is 0 Å². The lowest BCUT2D eigenvalue weighted by molar-refractivity contribution is 0.292. The van der Waals surface area contributed by atoms with Crippen molar-refractivity contribution in [2.24, 2.45) is 0 Å². The van der Waals surface area contributed by atoms with Crippen LogP contribution in [0.1, 0.15) is 5.56 Å². The van der Waals surface area contributed by atoms with Crippen LogP contribution in [0.2, 0.25) is 0 Å². The minimum Gasteiger partial charge on any atom is -0.482 e. The van der Waals surface area contributed by atoms with E-state index in [9.17, 15) is 0 Å². The van der Waals surface area contributed by atoms with Crippen molar-refractivity contribution in [1.29, 1.82) is 10.5 Å². The van der Waals surface area contributed by atoms with E-state index in [-0.39, 0.29) is 11.7 Å². The molecule has 1 atom stereocenters. The molecule has 0 saturated carbocycles. The van der Waals surface area contributed by atoms with Crippen LogP contribution in [0.3, 0.4) is 0 Å². The fourth-order valence-corrected chi connectivity index (χ4v) is 1.46. The SMILES string of the molecule is N#CC(C#N)=CC1C=Cc2ccccc2O1. The first-order chi connectivity index (χ1) is 7.83. The van der Waals surface area contributed by atoms with Gasteiger partial charge in [-0.1, -0.05) is 24.3 Å². The molecule has 0 saturated heterocycles. The molecule has 1 heterocycles. The van der Waals surface area contributed by atoms with Crippen LogP contribution in [0.4, 0.5) is 0 Å². The Morgan fingerprint density at radius 1 is 1.25 bits per heavy atom. The summed E-state index contributed by atoms with van der Waals surface area (Å²) in [6, 6.07) is 11.2. The summed E-state index contributed by atoms with van der Waals surface area (Å²) in [6.45, 7) is 0. The lowest BCUT2D eigenvalue weighted by Crippen LogP contribution is -2.14. The summed E-state index contributed by atoms with van der Waals surface area (Å²) in [4.78, 5) is 0. The summed E-state index contributed by atoms with van der Waals surface area (Å²) < 4.78 is 5.60. The number of nitriles is 2. The molecular formula is C13H8N2O. The predicted octanol–water partition coefficient (Wildman–Crippen LogP) is 2.43. The van der Waals surface area contributed by atoms with Crippen molar-refractivity contribution in [2.75, 3.05) is 0 Å². The minimum atomic E-state index is -0.343. The van der Waals surface area contributed by atoms with Crippen LogP contribution in [-0.4, -0.2) is 6.10 Å². The predicted molar refractivity (Wildman–Crippen MR) is 59.2 cm³/mol. The largest absolute Gasteiger partial charge is 0.482 e. The molecule has 2 rings (SSSR count). The number of hydrogen-bond donors (Lipinski definition) is 0. The van der Waals surface area contributed by atoms with Gasteiger partial charge in [0.2, 0.25) is 0 Å². The van der Waals surface area contributed by atoms with Gasteiger partial charge in [0.15, 0.2) is 0 Å². The lowest BCUT2D eigenvalue weighted by atomic mass is 10.1.